The van der Waals surface area contributed by atoms with E-state index in [-0.39, 0.29) is 23.1 Å². The molecule has 0 aliphatic heterocycles. The number of fused-ring (bicyclic) bond motifs is 1. The molecule has 0 fully saturated rings. The first kappa shape index (κ1) is 23.4. The van der Waals surface area contributed by atoms with Crippen LogP contribution in [0.4, 0.5) is 5.69 Å². The summed E-state index contributed by atoms with van der Waals surface area (Å²) in [6.45, 7) is 8.77. The summed E-state index contributed by atoms with van der Waals surface area (Å²) in [5.74, 6) is 0.320. The molecular weight excluding hydrogens is 430 g/mol. The second kappa shape index (κ2) is 10.3. The maximum absolute atomic E-state index is 13.1. The van der Waals surface area contributed by atoms with Gasteiger partial charge in [0.15, 0.2) is 5.16 Å². The molecule has 0 saturated carbocycles. The van der Waals surface area contributed by atoms with E-state index in [2.05, 4.69) is 24.1 Å². The van der Waals surface area contributed by atoms with Crippen LogP contribution in [0, 0.1) is 5.92 Å². The van der Waals surface area contributed by atoms with Crippen LogP contribution in [0.2, 0.25) is 5.02 Å². The van der Waals surface area contributed by atoms with Crippen LogP contribution in [0.15, 0.2) is 46.3 Å². The van der Waals surface area contributed by atoms with Gasteiger partial charge in [0.05, 0.1) is 16.7 Å². The van der Waals surface area contributed by atoms with E-state index in [0.29, 0.717) is 27.6 Å². The third-order valence-corrected chi connectivity index (χ3v) is 6.24. The second-order valence-electron chi connectivity index (χ2n) is 7.86. The smallest absolute Gasteiger partial charge is 0.262 e. The fourth-order valence-electron chi connectivity index (χ4n) is 3.52. The number of amides is 1. The number of thioether (sulfide) groups is 1. The Morgan fingerprint density at radius 2 is 1.84 bits per heavy atom. The van der Waals surface area contributed by atoms with Crippen molar-refractivity contribution in [1.82, 2.24) is 9.55 Å². The third kappa shape index (κ3) is 5.49. The molecule has 0 spiro atoms. The van der Waals surface area contributed by atoms with Crippen molar-refractivity contribution in [2.24, 2.45) is 5.92 Å². The fraction of sp³-hybridized carbons (Fsp3) is 0.375. The van der Waals surface area contributed by atoms with Crippen molar-refractivity contribution in [2.75, 3.05) is 11.1 Å². The summed E-state index contributed by atoms with van der Waals surface area (Å²) in [5.41, 5.74) is 3.60. The zero-order valence-electron chi connectivity index (χ0n) is 18.4. The summed E-state index contributed by atoms with van der Waals surface area (Å²) >= 11 is 7.37. The van der Waals surface area contributed by atoms with Crippen molar-refractivity contribution in [3.63, 3.8) is 0 Å². The Hall–Kier alpha value is -2.31. The normalized spacial score (nSPS) is 11.3. The summed E-state index contributed by atoms with van der Waals surface area (Å²) in [5, 5.41) is 4.62. The minimum absolute atomic E-state index is 0.109. The number of carbonyl (C=O) groups excluding carboxylic acids is 1. The molecule has 164 valence electrons. The standard InChI is InChI=1S/C24H28ClN3O2S/c1-5-16-8-7-9-17(6-2)22(16)27-21(29)14-31-24-26-20-11-10-18(25)12-19(20)23(30)28(24)13-15(3)4/h7-12,15H,5-6,13-14H2,1-4H3,(H,27,29). The van der Waals surface area contributed by atoms with Gasteiger partial charge in [-0.05, 0) is 48.1 Å². The monoisotopic (exact) mass is 457 g/mol. The van der Waals surface area contributed by atoms with Crippen LogP contribution in [0.1, 0.15) is 38.8 Å². The average molecular weight is 458 g/mol. The highest BCUT2D eigenvalue weighted by atomic mass is 35.5. The van der Waals surface area contributed by atoms with Crippen molar-refractivity contribution in [1.29, 1.82) is 0 Å². The number of benzene rings is 2. The number of nitrogens with zero attached hydrogens (tertiary/aromatic N) is 2. The highest BCUT2D eigenvalue weighted by Crippen LogP contribution is 2.24. The van der Waals surface area contributed by atoms with Gasteiger partial charge < -0.3 is 5.32 Å². The molecule has 0 saturated heterocycles. The Bertz CT molecular complexity index is 1140. The molecular formula is C24H28ClN3O2S. The van der Waals surface area contributed by atoms with Gasteiger partial charge in [0.25, 0.3) is 5.56 Å². The lowest BCUT2D eigenvalue weighted by Gasteiger charge is -2.16. The van der Waals surface area contributed by atoms with Crippen LogP contribution in [0.3, 0.4) is 0 Å². The number of carbonyl (C=O) groups is 1. The molecule has 2 aromatic carbocycles. The van der Waals surface area contributed by atoms with Crippen LogP contribution in [-0.4, -0.2) is 21.2 Å². The number of halogens is 1. The van der Waals surface area contributed by atoms with E-state index >= 15 is 0 Å². The van der Waals surface area contributed by atoms with Gasteiger partial charge in [-0.15, -0.1) is 0 Å². The van der Waals surface area contributed by atoms with Crippen LogP contribution >= 0.6 is 23.4 Å². The van der Waals surface area contributed by atoms with Crippen molar-refractivity contribution < 1.29 is 4.79 Å². The number of para-hydroxylation sites is 1. The molecule has 1 N–H and O–H groups in total. The number of aryl methyl sites for hydroxylation is 2. The quantitative estimate of drug-likeness (QED) is 0.355. The zero-order chi connectivity index (χ0) is 22.5. The SMILES string of the molecule is CCc1cccc(CC)c1NC(=O)CSc1nc2ccc(Cl)cc2c(=O)n1CC(C)C. The molecule has 7 heteroatoms. The van der Waals surface area contributed by atoms with Gasteiger partial charge in [-0.2, -0.15) is 0 Å². The lowest BCUT2D eigenvalue weighted by Crippen LogP contribution is -2.26. The Balaban J connectivity index is 1.87. The second-order valence-corrected chi connectivity index (χ2v) is 9.24. The average Bonchev–Trinajstić information content (AvgIpc) is 2.74. The molecule has 1 heterocycles. The number of hydrogen-bond donors (Lipinski definition) is 1. The molecule has 0 unspecified atom stereocenters. The minimum atomic E-state index is -0.131. The Kier molecular flexibility index (Phi) is 7.79. The molecule has 3 aromatic rings. The van der Waals surface area contributed by atoms with E-state index < -0.39 is 0 Å². The maximum atomic E-state index is 13.1. The number of nitrogens with one attached hydrogen (secondary N) is 1. The maximum Gasteiger partial charge on any atom is 0.262 e. The predicted molar refractivity (Wildman–Crippen MR) is 130 cm³/mol. The fourth-order valence-corrected chi connectivity index (χ4v) is 4.50. The predicted octanol–water partition coefficient (Wildman–Crippen LogP) is 5.56. The summed E-state index contributed by atoms with van der Waals surface area (Å²) in [4.78, 5) is 30.5. The summed E-state index contributed by atoms with van der Waals surface area (Å²) < 4.78 is 1.65. The van der Waals surface area contributed by atoms with Gasteiger partial charge >= 0.3 is 0 Å². The van der Waals surface area contributed by atoms with Crippen LogP contribution in [-0.2, 0) is 24.2 Å². The van der Waals surface area contributed by atoms with Crippen molar-refractivity contribution >= 4 is 45.9 Å². The van der Waals surface area contributed by atoms with Gasteiger partial charge in [0.1, 0.15) is 0 Å². The molecule has 0 atom stereocenters. The summed E-state index contributed by atoms with van der Waals surface area (Å²) in [6.07, 6.45) is 1.69. The number of rotatable bonds is 8. The first-order valence-corrected chi connectivity index (χ1v) is 11.9. The van der Waals surface area contributed by atoms with Crippen LogP contribution < -0.4 is 10.9 Å². The third-order valence-electron chi connectivity index (χ3n) is 5.02. The topological polar surface area (TPSA) is 64.0 Å². The Labute approximate surface area is 192 Å². The molecule has 0 bridgehead atoms. The molecule has 5 nitrogen and oxygen atoms in total. The summed E-state index contributed by atoms with van der Waals surface area (Å²) in [6, 6.07) is 11.2. The Morgan fingerprint density at radius 3 is 2.45 bits per heavy atom. The van der Waals surface area contributed by atoms with Gasteiger partial charge in [0, 0.05) is 17.3 Å². The number of hydrogen-bond acceptors (Lipinski definition) is 4. The van der Waals surface area contributed by atoms with E-state index in [0.717, 1.165) is 29.7 Å². The highest BCUT2D eigenvalue weighted by molar-refractivity contribution is 7.99. The van der Waals surface area contributed by atoms with Gasteiger partial charge in [0.2, 0.25) is 5.91 Å². The van der Waals surface area contributed by atoms with E-state index in [9.17, 15) is 9.59 Å². The Morgan fingerprint density at radius 1 is 1.16 bits per heavy atom. The molecule has 0 radical (unpaired) electrons. The van der Waals surface area contributed by atoms with Crippen LogP contribution in [0.5, 0.6) is 0 Å². The first-order valence-electron chi connectivity index (χ1n) is 10.6. The van der Waals surface area contributed by atoms with E-state index in [1.807, 2.05) is 32.0 Å². The van der Waals surface area contributed by atoms with E-state index in [4.69, 9.17) is 11.6 Å². The molecule has 31 heavy (non-hydrogen) atoms. The van der Waals surface area contributed by atoms with Crippen LogP contribution in [0.25, 0.3) is 10.9 Å². The lowest BCUT2D eigenvalue weighted by molar-refractivity contribution is -0.113. The van der Waals surface area contributed by atoms with E-state index in [1.54, 1.807) is 22.8 Å². The van der Waals surface area contributed by atoms with E-state index in [1.165, 1.54) is 11.8 Å². The first-order chi connectivity index (χ1) is 14.8. The van der Waals surface area contributed by atoms with Crippen molar-refractivity contribution in [2.45, 2.75) is 52.2 Å². The lowest BCUT2D eigenvalue weighted by atomic mass is 10.0. The highest BCUT2D eigenvalue weighted by Gasteiger charge is 2.16. The molecule has 0 aliphatic rings. The largest absolute Gasteiger partial charge is 0.325 e. The van der Waals surface area contributed by atoms with Crippen molar-refractivity contribution in [3.05, 3.63) is 62.9 Å². The molecule has 1 aromatic heterocycles. The zero-order valence-corrected chi connectivity index (χ0v) is 19.9. The number of aromatic nitrogens is 2. The van der Waals surface area contributed by atoms with Gasteiger partial charge in [-0.3, -0.25) is 14.2 Å². The number of anilines is 1. The molecule has 0 aliphatic carbocycles. The minimum Gasteiger partial charge on any atom is -0.325 e. The molecule has 1 amide bonds. The van der Waals surface area contributed by atoms with Gasteiger partial charge in [-0.25, -0.2) is 4.98 Å². The van der Waals surface area contributed by atoms with Gasteiger partial charge in [-0.1, -0.05) is 69.3 Å². The summed E-state index contributed by atoms with van der Waals surface area (Å²) in [7, 11) is 0. The molecule has 3 rings (SSSR count). The van der Waals surface area contributed by atoms with Crippen molar-refractivity contribution in [3.8, 4) is 0 Å².